The molecule has 1 saturated heterocycles. The summed E-state index contributed by atoms with van der Waals surface area (Å²) in [4.78, 5) is 32.5. The van der Waals surface area contributed by atoms with Gasteiger partial charge >= 0.3 is 5.97 Å². The standard InChI is InChI=1S/C24H31N3O3S/c1-15(2)14-30-23(29)20-16(3)25-24-27(11-6-12-31-24)21(20)18-9-5-10-19(13-18)26-22(28)17-7-4-8-17/h5,9-10,13,15,17,21H,4,6-8,11-12,14H2,1-3H3,(H,26,28). The van der Waals surface area contributed by atoms with E-state index in [2.05, 4.69) is 10.2 Å². The first-order valence-electron chi connectivity index (χ1n) is 11.2. The van der Waals surface area contributed by atoms with E-state index in [0.29, 0.717) is 17.9 Å². The van der Waals surface area contributed by atoms with Crippen molar-refractivity contribution in [2.24, 2.45) is 16.8 Å². The summed E-state index contributed by atoms with van der Waals surface area (Å²) in [5, 5.41) is 4.02. The number of amidine groups is 1. The molecule has 0 spiro atoms. The monoisotopic (exact) mass is 441 g/mol. The van der Waals surface area contributed by atoms with Gasteiger partial charge in [0.2, 0.25) is 5.91 Å². The van der Waals surface area contributed by atoms with Gasteiger partial charge in [0.1, 0.15) is 0 Å². The average Bonchev–Trinajstić information content (AvgIpc) is 2.69. The highest BCUT2D eigenvalue weighted by Crippen LogP contribution is 2.40. The summed E-state index contributed by atoms with van der Waals surface area (Å²) in [7, 11) is 0. The largest absolute Gasteiger partial charge is 0.462 e. The number of carbonyl (C=O) groups excluding carboxylic acids is 2. The Morgan fingerprint density at radius 1 is 1.29 bits per heavy atom. The molecule has 0 radical (unpaired) electrons. The minimum atomic E-state index is -0.307. The molecule has 0 bridgehead atoms. The normalized spacial score (nSPS) is 21.4. The van der Waals surface area contributed by atoms with Crippen molar-refractivity contribution in [2.75, 3.05) is 24.2 Å². The van der Waals surface area contributed by atoms with Gasteiger partial charge in [-0.2, -0.15) is 0 Å². The van der Waals surface area contributed by atoms with Crippen LogP contribution in [0.1, 0.15) is 58.1 Å². The Morgan fingerprint density at radius 3 is 2.81 bits per heavy atom. The fourth-order valence-corrected chi connectivity index (χ4v) is 5.12. The van der Waals surface area contributed by atoms with E-state index in [0.717, 1.165) is 54.4 Å². The van der Waals surface area contributed by atoms with E-state index >= 15 is 0 Å². The third kappa shape index (κ3) is 4.81. The van der Waals surface area contributed by atoms with Crippen LogP contribution < -0.4 is 5.32 Å². The Bertz CT molecular complexity index is 920. The molecular formula is C24H31N3O3S. The number of anilines is 1. The maximum Gasteiger partial charge on any atom is 0.338 e. The number of thioether (sulfide) groups is 1. The quantitative estimate of drug-likeness (QED) is 0.645. The van der Waals surface area contributed by atoms with E-state index in [1.807, 2.05) is 45.0 Å². The third-order valence-corrected chi connectivity index (χ3v) is 7.05. The number of nitrogens with zero attached hydrogens (tertiary/aromatic N) is 2. The molecule has 3 aliphatic rings. The van der Waals surface area contributed by atoms with Crippen molar-refractivity contribution in [3.05, 3.63) is 41.1 Å². The number of nitrogens with one attached hydrogen (secondary N) is 1. The number of aliphatic imine (C=N–C) groups is 1. The average molecular weight is 442 g/mol. The Labute approximate surface area is 188 Å². The van der Waals surface area contributed by atoms with Crippen LogP contribution in [0.4, 0.5) is 5.69 Å². The van der Waals surface area contributed by atoms with Crippen LogP contribution in [0.5, 0.6) is 0 Å². The summed E-state index contributed by atoms with van der Waals surface area (Å²) in [5.41, 5.74) is 3.05. The molecule has 1 N–H and O–H groups in total. The van der Waals surface area contributed by atoms with Crippen molar-refractivity contribution in [1.82, 2.24) is 4.90 Å². The van der Waals surface area contributed by atoms with Gasteiger partial charge in [0.05, 0.1) is 23.9 Å². The van der Waals surface area contributed by atoms with Gasteiger partial charge in [-0.3, -0.25) is 4.79 Å². The first kappa shape index (κ1) is 21.9. The summed E-state index contributed by atoms with van der Waals surface area (Å²) in [6.07, 6.45) is 4.09. The number of hydrogen-bond donors (Lipinski definition) is 1. The van der Waals surface area contributed by atoms with E-state index in [9.17, 15) is 9.59 Å². The molecule has 166 valence electrons. The number of amides is 1. The Balaban J connectivity index is 1.65. The molecule has 1 atom stereocenters. The van der Waals surface area contributed by atoms with Gasteiger partial charge in [0, 0.05) is 23.9 Å². The van der Waals surface area contributed by atoms with Gasteiger partial charge in [0.15, 0.2) is 5.17 Å². The van der Waals surface area contributed by atoms with Gasteiger partial charge in [-0.05, 0) is 49.8 Å². The SMILES string of the molecule is CC1=C(C(=O)OCC(C)C)C(c2cccc(NC(=O)C3CCC3)c2)N2CCCSC2=N1. The zero-order valence-corrected chi connectivity index (χ0v) is 19.3. The van der Waals surface area contributed by atoms with E-state index in [1.54, 1.807) is 11.8 Å². The fourth-order valence-electron chi connectivity index (χ4n) is 4.10. The predicted octanol–water partition coefficient (Wildman–Crippen LogP) is 4.75. The molecule has 0 aromatic heterocycles. The molecule has 2 fully saturated rings. The number of benzene rings is 1. The molecule has 2 heterocycles. The predicted molar refractivity (Wildman–Crippen MR) is 125 cm³/mol. The molecule has 1 aromatic carbocycles. The van der Waals surface area contributed by atoms with Crippen LogP contribution in [0.2, 0.25) is 0 Å². The highest BCUT2D eigenvalue weighted by molar-refractivity contribution is 8.13. The van der Waals surface area contributed by atoms with Gasteiger partial charge in [-0.15, -0.1) is 0 Å². The molecular weight excluding hydrogens is 410 g/mol. The summed E-state index contributed by atoms with van der Waals surface area (Å²) < 4.78 is 5.62. The number of ether oxygens (including phenoxy) is 1. The van der Waals surface area contributed by atoms with Crippen LogP contribution in [0.15, 0.2) is 40.5 Å². The Kier molecular flexibility index (Phi) is 6.70. The van der Waals surface area contributed by atoms with Crippen molar-refractivity contribution < 1.29 is 14.3 Å². The maximum atomic E-state index is 13.1. The van der Waals surface area contributed by atoms with Crippen molar-refractivity contribution in [1.29, 1.82) is 0 Å². The zero-order chi connectivity index (χ0) is 22.0. The first-order valence-corrected chi connectivity index (χ1v) is 12.2. The number of rotatable bonds is 6. The molecule has 1 aliphatic carbocycles. The number of allylic oxidation sites excluding steroid dienone is 1. The number of carbonyl (C=O) groups is 2. The minimum absolute atomic E-state index is 0.0890. The van der Waals surface area contributed by atoms with Crippen LogP contribution in [0.25, 0.3) is 0 Å². The van der Waals surface area contributed by atoms with Crippen LogP contribution >= 0.6 is 11.8 Å². The van der Waals surface area contributed by atoms with Crippen LogP contribution in [-0.4, -0.2) is 40.8 Å². The summed E-state index contributed by atoms with van der Waals surface area (Å²) >= 11 is 1.73. The van der Waals surface area contributed by atoms with Gasteiger partial charge < -0.3 is 15.0 Å². The lowest BCUT2D eigenvalue weighted by Crippen LogP contribution is -2.42. The van der Waals surface area contributed by atoms with Gasteiger partial charge in [-0.1, -0.05) is 44.2 Å². The van der Waals surface area contributed by atoms with Gasteiger partial charge in [-0.25, -0.2) is 9.79 Å². The van der Waals surface area contributed by atoms with Crippen molar-refractivity contribution in [2.45, 2.75) is 52.5 Å². The second-order valence-electron chi connectivity index (χ2n) is 8.93. The van der Waals surface area contributed by atoms with E-state index in [-0.39, 0.29) is 29.8 Å². The van der Waals surface area contributed by atoms with E-state index < -0.39 is 0 Å². The number of fused-ring (bicyclic) bond motifs is 1. The van der Waals surface area contributed by atoms with Crippen molar-refractivity contribution >= 4 is 34.5 Å². The first-order chi connectivity index (χ1) is 14.9. The molecule has 1 aromatic rings. The molecule has 7 heteroatoms. The lowest BCUT2D eigenvalue weighted by Gasteiger charge is -2.40. The summed E-state index contributed by atoms with van der Waals surface area (Å²) in [6, 6.07) is 7.61. The van der Waals surface area contributed by atoms with Crippen molar-refractivity contribution in [3.63, 3.8) is 0 Å². The maximum absolute atomic E-state index is 13.1. The molecule has 1 unspecified atom stereocenters. The van der Waals surface area contributed by atoms with E-state index in [4.69, 9.17) is 9.73 Å². The highest BCUT2D eigenvalue weighted by Gasteiger charge is 2.38. The highest BCUT2D eigenvalue weighted by atomic mass is 32.2. The van der Waals surface area contributed by atoms with Gasteiger partial charge in [0.25, 0.3) is 0 Å². The molecule has 4 rings (SSSR count). The third-order valence-electron chi connectivity index (χ3n) is 5.97. The summed E-state index contributed by atoms with van der Waals surface area (Å²) in [5.74, 6) is 1.20. The van der Waals surface area contributed by atoms with Crippen molar-refractivity contribution in [3.8, 4) is 0 Å². The molecule has 1 saturated carbocycles. The smallest absolute Gasteiger partial charge is 0.338 e. The Hall–Kier alpha value is -2.28. The lowest BCUT2D eigenvalue weighted by atomic mass is 9.85. The number of esters is 1. The van der Waals surface area contributed by atoms with Crippen LogP contribution in [0, 0.1) is 11.8 Å². The summed E-state index contributed by atoms with van der Waals surface area (Å²) in [6.45, 7) is 7.16. The minimum Gasteiger partial charge on any atom is -0.462 e. The lowest BCUT2D eigenvalue weighted by molar-refractivity contribution is -0.141. The molecule has 2 aliphatic heterocycles. The topological polar surface area (TPSA) is 71.0 Å². The number of hydrogen-bond acceptors (Lipinski definition) is 6. The molecule has 1 amide bonds. The molecule has 6 nitrogen and oxygen atoms in total. The second-order valence-corrected chi connectivity index (χ2v) is 9.99. The van der Waals surface area contributed by atoms with Crippen LogP contribution in [0.3, 0.4) is 0 Å². The van der Waals surface area contributed by atoms with Crippen LogP contribution in [-0.2, 0) is 14.3 Å². The molecule has 31 heavy (non-hydrogen) atoms. The zero-order valence-electron chi connectivity index (χ0n) is 18.5. The fraction of sp³-hybridized carbons (Fsp3) is 0.542. The van der Waals surface area contributed by atoms with E-state index in [1.165, 1.54) is 0 Å². The Morgan fingerprint density at radius 2 is 2.10 bits per heavy atom. The second kappa shape index (κ2) is 9.47.